The van der Waals surface area contributed by atoms with Crippen LogP contribution < -0.4 is 5.32 Å². The van der Waals surface area contributed by atoms with Gasteiger partial charge >= 0.3 is 6.03 Å². The Hall–Kier alpha value is -3.88. The van der Waals surface area contributed by atoms with Gasteiger partial charge in [0.1, 0.15) is 0 Å². The number of nitrogens with zero attached hydrogens (tertiary/aromatic N) is 1. The largest absolute Gasteiger partial charge is 0.393 e. The minimum Gasteiger partial charge on any atom is -0.393 e. The molecular formula is C47H56F2N2O4. The van der Waals surface area contributed by atoms with E-state index in [1.807, 2.05) is 47.4 Å². The Morgan fingerprint density at radius 2 is 1.58 bits per heavy atom. The first-order chi connectivity index (χ1) is 26.3. The van der Waals surface area contributed by atoms with E-state index in [0.717, 1.165) is 54.6 Å². The summed E-state index contributed by atoms with van der Waals surface area (Å²) in [6.45, 7) is 4.99. The lowest BCUT2D eigenvalue weighted by Gasteiger charge is -2.58. The van der Waals surface area contributed by atoms with Crippen molar-refractivity contribution in [3.8, 4) is 0 Å². The Balaban J connectivity index is 1.18. The summed E-state index contributed by atoms with van der Waals surface area (Å²) in [5.41, 5.74) is 1.88. The van der Waals surface area contributed by atoms with Crippen molar-refractivity contribution in [2.24, 2.45) is 28.6 Å². The van der Waals surface area contributed by atoms with Crippen molar-refractivity contribution in [3.63, 3.8) is 0 Å². The van der Waals surface area contributed by atoms with Crippen LogP contribution in [0.25, 0.3) is 0 Å². The topological polar surface area (TPSA) is 89.9 Å². The van der Waals surface area contributed by atoms with Gasteiger partial charge in [-0.3, -0.25) is 4.79 Å². The summed E-state index contributed by atoms with van der Waals surface area (Å²) in [6, 6.07) is 18.3. The fraction of sp³-hybridized carbons (Fsp3) is 0.532. The van der Waals surface area contributed by atoms with Gasteiger partial charge in [-0.05, 0) is 167 Å². The number of halogens is 2. The van der Waals surface area contributed by atoms with Gasteiger partial charge in [-0.1, -0.05) is 48.9 Å². The van der Waals surface area contributed by atoms with Gasteiger partial charge in [0.25, 0.3) is 0 Å². The Kier molecular flexibility index (Phi) is 10.3. The minimum atomic E-state index is -1.29. The van der Waals surface area contributed by atoms with Crippen molar-refractivity contribution in [1.82, 2.24) is 4.90 Å². The summed E-state index contributed by atoms with van der Waals surface area (Å²) < 4.78 is 28.5. The molecule has 6 nitrogen and oxygen atoms in total. The van der Waals surface area contributed by atoms with Gasteiger partial charge in [0, 0.05) is 28.8 Å². The monoisotopic (exact) mass is 750 g/mol. The SMILES string of the molecule is CC1=CCCC2(C)C(CCC2(O)CN(CC23CC4CC(CC(C4)C2)C3)C(=O)Nc2ccccc2)c2ccc(cc2C(=O)c2ccc(F)c(F)c2)CC(O)CC1. The van der Waals surface area contributed by atoms with Crippen molar-refractivity contribution in [2.45, 2.75) is 115 Å². The zero-order valence-electron chi connectivity index (χ0n) is 32.3. The van der Waals surface area contributed by atoms with Gasteiger partial charge in [0.2, 0.25) is 0 Å². The van der Waals surface area contributed by atoms with Gasteiger partial charge in [-0.2, -0.15) is 0 Å². The third-order valence-electron chi connectivity index (χ3n) is 14.6. The molecule has 10 rings (SSSR count). The Bertz CT molecular complexity index is 1930. The summed E-state index contributed by atoms with van der Waals surface area (Å²) in [6.07, 6.45) is 12.9. The van der Waals surface area contributed by atoms with Gasteiger partial charge in [-0.25, -0.2) is 13.6 Å². The van der Waals surface area contributed by atoms with E-state index in [-0.39, 0.29) is 29.5 Å². The van der Waals surface area contributed by atoms with E-state index in [4.69, 9.17) is 0 Å². The summed E-state index contributed by atoms with van der Waals surface area (Å²) in [5, 5.41) is 27.4. The van der Waals surface area contributed by atoms with E-state index < -0.39 is 34.5 Å². The lowest BCUT2D eigenvalue weighted by Crippen LogP contribution is -2.58. The minimum absolute atomic E-state index is 0.0472. The fourth-order valence-corrected chi connectivity index (χ4v) is 12.1. The highest BCUT2D eigenvalue weighted by Crippen LogP contribution is 2.62. The molecule has 0 radical (unpaired) electrons. The summed E-state index contributed by atoms with van der Waals surface area (Å²) in [7, 11) is 0. The highest BCUT2D eigenvalue weighted by molar-refractivity contribution is 6.10. The number of anilines is 1. The number of carbonyl (C=O) groups excluding carboxylic acids is 2. The first kappa shape index (κ1) is 38.0. The second-order valence-electron chi connectivity index (χ2n) is 18.5. The molecule has 3 aromatic carbocycles. The number of aliphatic hydroxyl groups excluding tert-OH is 1. The third kappa shape index (κ3) is 7.53. The molecule has 0 spiro atoms. The van der Waals surface area contributed by atoms with E-state index in [9.17, 15) is 28.6 Å². The Morgan fingerprint density at radius 3 is 2.27 bits per heavy atom. The number of amides is 2. The maximum absolute atomic E-state index is 14.5. The van der Waals surface area contributed by atoms with Crippen LogP contribution in [-0.2, 0) is 6.42 Å². The molecule has 7 aliphatic rings. The normalized spacial score (nSPS) is 32.8. The molecular weight excluding hydrogens is 695 g/mol. The Labute approximate surface area is 324 Å². The first-order valence-corrected chi connectivity index (χ1v) is 20.6. The van der Waals surface area contributed by atoms with Crippen LogP contribution in [-0.4, -0.2) is 51.7 Å². The quantitative estimate of drug-likeness (QED) is 0.166. The predicted octanol–water partition coefficient (Wildman–Crippen LogP) is 9.98. The molecule has 0 heterocycles. The molecule has 0 aliphatic heterocycles. The standard InChI is InChI=1S/C47H56F2N2O4/c1-30-7-6-17-45(2)40(38-14-11-31(22-37(52)13-10-30)23-39(38)43(53)35-12-15-41(48)42(49)24-35)16-18-47(45,55)29-51(44(54)50-36-8-4-3-5-9-36)28-46-25-32-19-33(26-46)21-34(20-32)27-46/h3-5,7-9,11-12,14-15,23-24,32-34,37,40,52,55H,6,10,13,16-22,25-29H2,1-2H3,(H,50,54). The lowest BCUT2D eigenvalue weighted by molar-refractivity contribution is -0.0975. The van der Waals surface area contributed by atoms with E-state index in [0.29, 0.717) is 68.4 Å². The molecule has 3 N–H and O–H groups in total. The third-order valence-corrected chi connectivity index (χ3v) is 14.6. The van der Waals surface area contributed by atoms with Crippen molar-refractivity contribution in [3.05, 3.63) is 112 Å². The number of benzene rings is 3. The number of urea groups is 1. The molecule has 292 valence electrons. The number of carbonyl (C=O) groups is 2. The van der Waals surface area contributed by atoms with Crippen LogP contribution in [0.2, 0.25) is 0 Å². The number of hydrogen-bond donors (Lipinski definition) is 3. The number of fused-ring (bicyclic) bond motifs is 8. The predicted molar refractivity (Wildman–Crippen MR) is 211 cm³/mol. The molecule has 2 amide bonds. The summed E-state index contributed by atoms with van der Waals surface area (Å²) >= 11 is 0. The zero-order chi connectivity index (χ0) is 38.5. The molecule has 6 bridgehead atoms. The molecule has 55 heavy (non-hydrogen) atoms. The Morgan fingerprint density at radius 1 is 0.873 bits per heavy atom. The van der Waals surface area contributed by atoms with Crippen LogP contribution in [0.15, 0.2) is 78.4 Å². The van der Waals surface area contributed by atoms with Gasteiger partial charge < -0.3 is 20.4 Å². The zero-order valence-corrected chi connectivity index (χ0v) is 32.3. The second-order valence-corrected chi connectivity index (χ2v) is 18.5. The summed E-state index contributed by atoms with van der Waals surface area (Å²) in [4.78, 5) is 30.8. The van der Waals surface area contributed by atoms with Crippen LogP contribution in [0.4, 0.5) is 19.3 Å². The van der Waals surface area contributed by atoms with E-state index >= 15 is 0 Å². The number of ketones is 1. The summed E-state index contributed by atoms with van der Waals surface area (Å²) in [5.74, 6) is -0.652. The average molecular weight is 751 g/mol. The molecule has 3 aromatic rings. The van der Waals surface area contributed by atoms with E-state index in [2.05, 4.69) is 25.2 Å². The molecule has 5 fully saturated rings. The molecule has 4 unspecified atom stereocenters. The highest BCUT2D eigenvalue weighted by Gasteiger charge is 2.59. The van der Waals surface area contributed by atoms with Crippen LogP contribution in [0.5, 0.6) is 0 Å². The van der Waals surface area contributed by atoms with Gasteiger partial charge in [0.15, 0.2) is 17.4 Å². The van der Waals surface area contributed by atoms with Gasteiger partial charge in [0.05, 0.1) is 18.2 Å². The number of aliphatic hydroxyl groups is 2. The second kappa shape index (κ2) is 14.9. The van der Waals surface area contributed by atoms with Crippen molar-refractivity contribution in [2.75, 3.05) is 18.4 Å². The van der Waals surface area contributed by atoms with Crippen molar-refractivity contribution in [1.29, 1.82) is 0 Å². The number of allylic oxidation sites excluding steroid dienone is 2. The molecule has 7 aliphatic carbocycles. The number of rotatable bonds is 7. The first-order valence-electron chi connectivity index (χ1n) is 20.6. The molecule has 0 aromatic heterocycles. The van der Waals surface area contributed by atoms with E-state index in [1.54, 1.807) is 6.07 Å². The number of para-hydroxylation sites is 1. The van der Waals surface area contributed by atoms with E-state index in [1.165, 1.54) is 30.9 Å². The van der Waals surface area contributed by atoms with Crippen LogP contribution in [0.3, 0.4) is 0 Å². The van der Waals surface area contributed by atoms with Gasteiger partial charge in [-0.15, -0.1) is 0 Å². The average Bonchev–Trinajstić information content (AvgIpc) is 3.39. The fourth-order valence-electron chi connectivity index (χ4n) is 12.1. The maximum atomic E-state index is 14.5. The van der Waals surface area contributed by atoms with Crippen LogP contribution in [0, 0.1) is 40.2 Å². The van der Waals surface area contributed by atoms with Crippen molar-refractivity contribution < 1.29 is 28.6 Å². The molecule has 5 saturated carbocycles. The maximum Gasteiger partial charge on any atom is 0.321 e. The lowest BCUT2D eigenvalue weighted by atomic mass is 9.49. The van der Waals surface area contributed by atoms with Crippen LogP contribution in [0.1, 0.15) is 124 Å². The van der Waals surface area contributed by atoms with Crippen LogP contribution >= 0.6 is 0 Å². The molecule has 8 heteroatoms. The smallest absolute Gasteiger partial charge is 0.321 e. The molecule has 4 atom stereocenters. The van der Waals surface area contributed by atoms with Crippen molar-refractivity contribution >= 4 is 17.5 Å². The number of nitrogens with one attached hydrogen (secondary N) is 1. The molecule has 0 saturated heterocycles. The number of hydrogen-bond acceptors (Lipinski definition) is 4. The highest BCUT2D eigenvalue weighted by atomic mass is 19.2.